The number of carboxylic acid groups (broad SMARTS) is 1. The Morgan fingerprint density at radius 2 is 2.12 bits per heavy atom. The molecule has 1 aliphatic rings. The number of halogens is 1. The number of benzene rings is 1. The average molecular weight is 297 g/mol. The quantitative estimate of drug-likeness (QED) is 0.911. The highest BCUT2D eigenvalue weighted by Gasteiger charge is 2.34. The Bertz CT molecular complexity index is 450. The van der Waals surface area contributed by atoms with E-state index in [9.17, 15) is 4.79 Å². The van der Waals surface area contributed by atoms with Crippen LogP contribution >= 0.6 is 15.9 Å². The van der Waals surface area contributed by atoms with Crippen LogP contribution in [0.1, 0.15) is 41.9 Å². The largest absolute Gasteiger partial charge is 0.481 e. The minimum atomic E-state index is -0.695. The van der Waals surface area contributed by atoms with Crippen LogP contribution in [0.3, 0.4) is 0 Å². The maximum atomic E-state index is 11.0. The summed E-state index contributed by atoms with van der Waals surface area (Å²) in [6, 6.07) is 4.18. The molecule has 1 aliphatic carbocycles. The fraction of sp³-hybridized carbons (Fsp3) is 0.500. The lowest BCUT2D eigenvalue weighted by Gasteiger charge is -2.19. The molecule has 1 saturated carbocycles. The normalized spacial score (nSPS) is 16.9. The van der Waals surface area contributed by atoms with Crippen molar-refractivity contribution in [1.82, 2.24) is 0 Å². The highest BCUT2D eigenvalue weighted by molar-refractivity contribution is 9.10. The molecule has 1 fully saturated rings. The molecule has 3 heteroatoms. The first-order valence-corrected chi connectivity index (χ1v) is 6.76. The third-order valence-electron chi connectivity index (χ3n) is 3.66. The number of hydrogen-bond donors (Lipinski definition) is 1. The summed E-state index contributed by atoms with van der Waals surface area (Å²) in [4.78, 5) is 11.0. The molecule has 0 radical (unpaired) electrons. The molecule has 2 nitrogen and oxygen atoms in total. The summed E-state index contributed by atoms with van der Waals surface area (Å²) in [6.07, 6.45) is 2.59. The second-order valence-electron chi connectivity index (χ2n) is 4.98. The maximum absolute atomic E-state index is 11.0. The van der Waals surface area contributed by atoms with E-state index in [1.54, 1.807) is 0 Å². The van der Waals surface area contributed by atoms with Gasteiger partial charge in [0.1, 0.15) is 0 Å². The molecule has 0 bridgehead atoms. The minimum absolute atomic E-state index is 0.184. The first-order chi connectivity index (χ1) is 7.99. The van der Waals surface area contributed by atoms with E-state index in [0.29, 0.717) is 5.92 Å². The van der Waals surface area contributed by atoms with Crippen LogP contribution in [-0.2, 0) is 4.79 Å². The zero-order valence-corrected chi connectivity index (χ0v) is 11.8. The molecule has 0 aromatic heterocycles. The van der Waals surface area contributed by atoms with Crippen LogP contribution in [0.25, 0.3) is 0 Å². The van der Waals surface area contributed by atoms with Crippen LogP contribution < -0.4 is 0 Å². The van der Waals surface area contributed by atoms with Crippen LogP contribution in [0.15, 0.2) is 16.6 Å². The first kappa shape index (κ1) is 12.6. The molecule has 0 heterocycles. The molecule has 0 saturated heterocycles. The number of aryl methyl sites for hydroxylation is 1. The van der Waals surface area contributed by atoms with Crippen LogP contribution in [-0.4, -0.2) is 11.1 Å². The number of carboxylic acids is 1. The van der Waals surface area contributed by atoms with E-state index in [4.69, 9.17) is 5.11 Å². The molecular weight excluding hydrogens is 280 g/mol. The van der Waals surface area contributed by atoms with E-state index in [-0.39, 0.29) is 12.3 Å². The van der Waals surface area contributed by atoms with E-state index in [2.05, 4.69) is 41.9 Å². The van der Waals surface area contributed by atoms with Crippen molar-refractivity contribution in [3.05, 3.63) is 33.3 Å². The lowest BCUT2D eigenvalue weighted by Crippen LogP contribution is -2.10. The number of carbonyl (C=O) groups is 1. The Morgan fingerprint density at radius 3 is 2.65 bits per heavy atom. The Morgan fingerprint density at radius 1 is 1.47 bits per heavy atom. The molecule has 1 aromatic rings. The molecule has 0 aliphatic heterocycles. The number of hydrogen-bond acceptors (Lipinski definition) is 1. The van der Waals surface area contributed by atoms with Gasteiger partial charge in [-0.2, -0.15) is 0 Å². The smallest absolute Gasteiger partial charge is 0.303 e. The first-order valence-electron chi connectivity index (χ1n) is 5.97. The van der Waals surface area contributed by atoms with Crippen molar-refractivity contribution < 1.29 is 9.90 Å². The Labute approximate surface area is 110 Å². The highest BCUT2D eigenvalue weighted by Crippen LogP contribution is 2.46. The standard InChI is InChI=1S/C14H17BrO2/c1-8-5-11(15)6-12(9(8)2)13(7-14(16)17)10-3-4-10/h5-6,10,13H,3-4,7H2,1-2H3,(H,16,17). The summed E-state index contributed by atoms with van der Waals surface area (Å²) in [5.74, 6) is 0.0566. The maximum Gasteiger partial charge on any atom is 0.303 e. The van der Waals surface area contributed by atoms with Gasteiger partial charge in [0.25, 0.3) is 0 Å². The van der Waals surface area contributed by atoms with E-state index in [1.165, 1.54) is 29.5 Å². The predicted molar refractivity (Wildman–Crippen MR) is 71.3 cm³/mol. The van der Waals surface area contributed by atoms with Gasteiger partial charge in [-0.3, -0.25) is 4.79 Å². The average Bonchev–Trinajstić information content (AvgIpc) is 3.03. The van der Waals surface area contributed by atoms with Crippen LogP contribution in [0.4, 0.5) is 0 Å². The van der Waals surface area contributed by atoms with Crippen LogP contribution in [0, 0.1) is 19.8 Å². The third-order valence-corrected chi connectivity index (χ3v) is 4.12. The minimum Gasteiger partial charge on any atom is -0.481 e. The zero-order chi connectivity index (χ0) is 12.6. The van der Waals surface area contributed by atoms with E-state index in [1.807, 2.05) is 0 Å². The Kier molecular flexibility index (Phi) is 3.57. The molecule has 92 valence electrons. The second-order valence-corrected chi connectivity index (χ2v) is 5.89. The molecule has 1 atom stereocenters. The van der Waals surface area contributed by atoms with Gasteiger partial charge in [0.05, 0.1) is 6.42 Å². The summed E-state index contributed by atoms with van der Waals surface area (Å²) in [5, 5.41) is 9.04. The summed E-state index contributed by atoms with van der Waals surface area (Å²) in [6.45, 7) is 4.17. The molecule has 17 heavy (non-hydrogen) atoms. The van der Waals surface area contributed by atoms with Crippen molar-refractivity contribution in [3.8, 4) is 0 Å². The molecule has 0 amide bonds. The van der Waals surface area contributed by atoms with Gasteiger partial charge in [-0.15, -0.1) is 0 Å². The van der Waals surface area contributed by atoms with Crippen LogP contribution in [0.5, 0.6) is 0 Å². The van der Waals surface area contributed by atoms with E-state index >= 15 is 0 Å². The van der Waals surface area contributed by atoms with Gasteiger partial charge in [-0.05, 0) is 67.3 Å². The van der Waals surface area contributed by atoms with Crippen molar-refractivity contribution in [2.24, 2.45) is 5.92 Å². The lowest BCUT2D eigenvalue weighted by molar-refractivity contribution is -0.137. The molecule has 2 rings (SSSR count). The molecule has 1 N–H and O–H groups in total. The van der Waals surface area contributed by atoms with Gasteiger partial charge in [0.2, 0.25) is 0 Å². The summed E-state index contributed by atoms with van der Waals surface area (Å²) in [7, 11) is 0. The number of aliphatic carboxylic acids is 1. The zero-order valence-electron chi connectivity index (χ0n) is 10.2. The topological polar surface area (TPSA) is 37.3 Å². The second kappa shape index (κ2) is 4.81. The molecule has 1 aromatic carbocycles. The van der Waals surface area contributed by atoms with Crippen LogP contribution in [0.2, 0.25) is 0 Å². The van der Waals surface area contributed by atoms with Gasteiger partial charge in [0, 0.05) is 4.47 Å². The number of rotatable bonds is 4. The van der Waals surface area contributed by atoms with Gasteiger partial charge in [-0.25, -0.2) is 0 Å². The molecular formula is C14H17BrO2. The van der Waals surface area contributed by atoms with Crippen molar-refractivity contribution in [2.45, 2.75) is 39.0 Å². The summed E-state index contributed by atoms with van der Waals surface area (Å²) < 4.78 is 1.05. The van der Waals surface area contributed by atoms with Crippen molar-refractivity contribution in [2.75, 3.05) is 0 Å². The van der Waals surface area contributed by atoms with Gasteiger partial charge in [0.15, 0.2) is 0 Å². The van der Waals surface area contributed by atoms with Gasteiger partial charge in [-0.1, -0.05) is 15.9 Å². The Balaban J connectivity index is 2.38. The summed E-state index contributed by atoms with van der Waals surface area (Å²) >= 11 is 3.50. The third kappa shape index (κ3) is 2.89. The SMILES string of the molecule is Cc1cc(Br)cc(C(CC(=O)O)C2CC2)c1C. The monoisotopic (exact) mass is 296 g/mol. The van der Waals surface area contributed by atoms with E-state index in [0.717, 1.165) is 4.47 Å². The van der Waals surface area contributed by atoms with Crippen molar-refractivity contribution >= 4 is 21.9 Å². The molecule has 1 unspecified atom stereocenters. The fourth-order valence-corrected chi connectivity index (χ4v) is 3.03. The van der Waals surface area contributed by atoms with Gasteiger partial charge < -0.3 is 5.11 Å². The summed E-state index contributed by atoms with van der Waals surface area (Å²) in [5.41, 5.74) is 3.68. The van der Waals surface area contributed by atoms with Crippen molar-refractivity contribution in [1.29, 1.82) is 0 Å². The highest BCUT2D eigenvalue weighted by atomic mass is 79.9. The molecule has 0 spiro atoms. The van der Waals surface area contributed by atoms with E-state index < -0.39 is 5.97 Å². The Hall–Kier alpha value is -0.830. The lowest BCUT2D eigenvalue weighted by atomic mass is 9.86. The predicted octanol–water partition coefficient (Wildman–Crippen LogP) is 4.03. The van der Waals surface area contributed by atoms with Gasteiger partial charge >= 0.3 is 5.97 Å². The fourth-order valence-electron chi connectivity index (χ4n) is 2.44. The van der Waals surface area contributed by atoms with Crippen molar-refractivity contribution in [3.63, 3.8) is 0 Å².